The van der Waals surface area contributed by atoms with E-state index in [1.165, 1.54) is 163 Å². The summed E-state index contributed by atoms with van der Waals surface area (Å²) in [5.41, 5.74) is 38.9. The Morgan fingerprint density at radius 3 is 0.930 bits per heavy atom. The molecule has 0 N–H and O–H groups in total. The minimum atomic E-state index is -0.843. The van der Waals surface area contributed by atoms with Crippen molar-refractivity contribution in [1.29, 1.82) is 0 Å². The zero-order valence-electron chi connectivity index (χ0n) is 77.1. The van der Waals surface area contributed by atoms with Crippen LogP contribution in [0, 0.1) is 0 Å². The molecule has 0 radical (unpaired) electrons. The molecule has 0 fully saturated rings. The van der Waals surface area contributed by atoms with E-state index in [0.717, 1.165) is 124 Å². The van der Waals surface area contributed by atoms with Crippen molar-refractivity contribution < 1.29 is 13.9 Å². The van der Waals surface area contributed by atoms with Gasteiger partial charge in [0, 0.05) is 92.3 Å². The fourth-order valence-electron chi connectivity index (χ4n) is 27.1. The molecule has 4 aliphatic carbocycles. The van der Waals surface area contributed by atoms with Crippen LogP contribution in [0.25, 0.3) is 121 Å². The van der Waals surface area contributed by atoms with Gasteiger partial charge in [-0.2, -0.15) is 0 Å². The van der Waals surface area contributed by atoms with Crippen LogP contribution in [0.4, 0.5) is 34.1 Å². The van der Waals surface area contributed by atoms with Crippen molar-refractivity contribution >= 4 is 112 Å². The molecule has 0 amide bonds. The van der Waals surface area contributed by atoms with Gasteiger partial charge in [0.05, 0.1) is 21.7 Å². The number of hydrogen-bond donors (Lipinski definition) is 0. The van der Waals surface area contributed by atoms with Crippen LogP contribution in [0.1, 0.15) is 89.0 Å². The van der Waals surface area contributed by atoms with Crippen molar-refractivity contribution in [3.8, 4) is 89.8 Å². The van der Waals surface area contributed by atoms with Crippen LogP contribution in [0.15, 0.2) is 509 Å². The number of nitrogens with zero attached hydrogens (tertiary/aromatic N) is 2. The third-order valence-electron chi connectivity index (χ3n) is 32.7. The first kappa shape index (κ1) is 79.5. The monoisotopic (exact) mass is 1850 g/mol. The molecule has 4 aliphatic heterocycles. The molecule has 32 rings (SSSR count). The molecule has 0 saturated heterocycles. The lowest BCUT2D eigenvalue weighted by molar-refractivity contribution is 0.436. The molecule has 4 spiro atoms. The molecule has 24 aromatic rings. The Balaban J connectivity index is 0.529. The van der Waals surface area contributed by atoms with Crippen molar-refractivity contribution in [2.24, 2.45) is 0 Å². The average molecular weight is 1850 g/mol. The van der Waals surface area contributed by atoms with E-state index in [1.807, 2.05) is 23.5 Å². The molecule has 143 heavy (non-hydrogen) atoms. The number of hydrogen-bond acceptors (Lipinski definition) is 7. The molecule has 23 aromatic carbocycles. The highest BCUT2D eigenvalue weighted by atomic mass is 32.2. The smallest absolute Gasteiger partial charge is 0.140 e. The number of furan rings is 1. The summed E-state index contributed by atoms with van der Waals surface area (Å²) in [5, 5.41) is 9.46. The molecular weight excluding hydrogens is 1770 g/mol. The van der Waals surface area contributed by atoms with Gasteiger partial charge in [0.25, 0.3) is 0 Å². The maximum Gasteiger partial charge on any atom is 0.140 e. The third-order valence-corrected chi connectivity index (χ3v) is 35.0. The summed E-state index contributed by atoms with van der Waals surface area (Å²) >= 11 is 3.76. The zero-order valence-corrected chi connectivity index (χ0v) is 78.8. The lowest BCUT2D eigenvalue weighted by Crippen LogP contribution is -2.32. The first-order chi connectivity index (χ1) is 70.9. The molecule has 8 aliphatic rings. The lowest BCUT2D eigenvalue weighted by atomic mass is 9.65. The Hall–Kier alpha value is -17.5. The zero-order chi connectivity index (χ0) is 93.3. The molecule has 1 atom stereocenters. The second-order valence-electron chi connectivity index (χ2n) is 39.2. The van der Waals surface area contributed by atoms with E-state index in [1.54, 1.807) is 0 Å². The van der Waals surface area contributed by atoms with Gasteiger partial charge < -0.3 is 23.7 Å². The third kappa shape index (κ3) is 10.6. The van der Waals surface area contributed by atoms with Gasteiger partial charge in [-0.15, -0.1) is 0 Å². The largest absolute Gasteiger partial charge is 0.457 e. The second kappa shape index (κ2) is 29.6. The number of para-hydroxylation sites is 4. The molecule has 7 heteroatoms. The Bertz CT molecular complexity index is 9590. The van der Waals surface area contributed by atoms with Gasteiger partial charge in [0.15, 0.2) is 0 Å². The maximum atomic E-state index is 7.57. The van der Waals surface area contributed by atoms with E-state index in [4.69, 9.17) is 13.9 Å². The molecule has 5 nitrogen and oxygen atoms in total. The minimum Gasteiger partial charge on any atom is -0.457 e. The number of ether oxygens (including phenoxy) is 2. The summed E-state index contributed by atoms with van der Waals surface area (Å²) < 4.78 is 21.7. The van der Waals surface area contributed by atoms with Crippen molar-refractivity contribution in [2.45, 2.75) is 41.2 Å². The average Bonchev–Trinajstić information content (AvgIpc) is 1.52. The fourth-order valence-corrected chi connectivity index (χ4v) is 29.5. The topological polar surface area (TPSA) is 38.1 Å². The Morgan fingerprint density at radius 2 is 0.455 bits per heavy atom. The molecule has 0 saturated carbocycles. The number of rotatable bonds is 8. The minimum absolute atomic E-state index is 0.531. The van der Waals surface area contributed by atoms with Gasteiger partial charge in [-0.1, -0.05) is 369 Å². The highest BCUT2D eigenvalue weighted by molar-refractivity contribution is 7.99. The van der Waals surface area contributed by atoms with Crippen LogP contribution in [0.3, 0.4) is 0 Å². The SMILES string of the molecule is c1ccc2c(c1)Oc1ccccc1C21c2ccccc2-c2ccc(N(c3ccc(-c4ccc5c(c4)oc4cc(-c6cccc7c6Oc6ccccc6C76c7ccccc7-c7ccc(N(c8ccc9c(c8)-c8ccccc8C98c9ccccc9Sc9ccccc98)c8ccc9c%10ccccc%10c%10ccccc%10c9c8)cc76)ccc45)cc3)c3ccc4c(c3)-c3ccccc3C43c4ccccc4Sc4ccccc43)cc21. The van der Waals surface area contributed by atoms with E-state index in [9.17, 15) is 0 Å². The van der Waals surface area contributed by atoms with Gasteiger partial charge >= 0.3 is 0 Å². The lowest BCUT2D eigenvalue weighted by Gasteiger charge is -2.40. The van der Waals surface area contributed by atoms with Gasteiger partial charge in [-0.05, 0) is 300 Å². The van der Waals surface area contributed by atoms with Crippen LogP contribution in [-0.2, 0) is 21.7 Å². The number of anilines is 6. The molecule has 1 aromatic heterocycles. The molecular formula is C136H80N2O3S2. The predicted octanol–water partition coefficient (Wildman–Crippen LogP) is 35.9. The normalized spacial score (nSPS) is 15.2. The second-order valence-corrected chi connectivity index (χ2v) is 41.4. The van der Waals surface area contributed by atoms with Crippen LogP contribution < -0.4 is 19.3 Å². The van der Waals surface area contributed by atoms with Crippen LogP contribution in [0.5, 0.6) is 23.0 Å². The summed E-state index contributed by atoms with van der Waals surface area (Å²) in [7, 11) is 0. The van der Waals surface area contributed by atoms with E-state index >= 15 is 0 Å². The summed E-state index contributed by atoms with van der Waals surface area (Å²) in [5.74, 6) is 3.35. The van der Waals surface area contributed by atoms with Crippen LogP contribution >= 0.6 is 23.5 Å². The van der Waals surface area contributed by atoms with E-state index < -0.39 is 21.7 Å². The predicted molar refractivity (Wildman–Crippen MR) is 584 cm³/mol. The molecule has 5 heterocycles. The summed E-state index contributed by atoms with van der Waals surface area (Å²) in [6.45, 7) is 0. The first-order valence-electron chi connectivity index (χ1n) is 49.4. The number of benzene rings is 23. The Morgan fingerprint density at radius 1 is 0.161 bits per heavy atom. The number of fused-ring (bicyclic) bond motifs is 45. The Labute approximate surface area is 834 Å². The summed E-state index contributed by atoms with van der Waals surface area (Å²) in [4.78, 5) is 10.2. The van der Waals surface area contributed by atoms with Crippen molar-refractivity contribution in [3.05, 3.63) is 574 Å². The molecule has 664 valence electrons. The Kier molecular flexibility index (Phi) is 16.4. The van der Waals surface area contributed by atoms with Crippen molar-refractivity contribution in [1.82, 2.24) is 0 Å². The van der Waals surface area contributed by atoms with E-state index in [2.05, 4.69) is 495 Å². The van der Waals surface area contributed by atoms with Gasteiger partial charge in [0.1, 0.15) is 34.2 Å². The van der Waals surface area contributed by atoms with E-state index in [-0.39, 0.29) is 0 Å². The van der Waals surface area contributed by atoms with E-state index in [0.29, 0.717) is 0 Å². The van der Waals surface area contributed by atoms with Gasteiger partial charge in [-0.25, -0.2) is 0 Å². The first-order valence-corrected chi connectivity index (χ1v) is 51.0. The van der Waals surface area contributed by atoms with Crippen LogP contribution in [0.2, 0.25) is 0 Å². The van der Waals surface area contributed by atoms with Gasteiger partial charge in [-0.3, -0.25) is 0 Å². The molecule has 0 bridgehead atoms. The standard InChI is InChI=1S/C136H80N2O3S2/c1-2-30-93-91(28-1)92-29-3-4-31-94(92)104-76-85(62-69-95(93)104)138(87-66-73-112-106(78-87)99-35-8-12-40-110(99)134(112)118-46-18-25-54-130(118)143-131-55-26-19-47-119(131)134)89-64-71-101-97-33-6-10-38-108(97)136(122(101)80-89)115-43-15-22-51-125(115)141-132-90(36-27-48-120(132)136)83-59-68-103-102-67-58-82(74-126(102)140-127(103)75-83)81-56-60-84(61-57-81)137(86-65-72-111-105(77-86)98-34-7-11-39-109(98)133(111)116-44-16-23-52-128(116)142-129-53-24-17-45-117(129)133)88-63-70-100-96-32-5-9-37-107(96)135(121(100)79-88)113-41-13-20-49-123(113)139-124-50-21-14-42-114(124)135/h1-80H. The quantitative estimate of drug-likeness (QED) is 0.140. The van der Waals surface area contributed by atoms with Gasteiger partial charge in [0.2, 0.25) is 0 Å². The fraction of sp³-hybridized carbons (Fsp3) is 0.0294. The summed E-state index contributed by atoms with van der Waals surface area (Å²) in [6, 6.07) is 183. The molecule has 1 unspecified atom stereocenters. The van der Waals surface area contributed by atoms with Crippen LogP contribution in [-0.4, -0.2) is 0 Å². The highest BCUT2D eigenvalue weighted by Gasteiger charge is 2.57. The highest BCUT2D eigenvalue weighted by Crippen LogP contribution is 2.70. The van der Waals surface area contributed by atoms with Crippen molar-refractivity contribution in [2.75, 3.05) is 9.80 Å². The van der Waals surface area contributed by atoms with Crippen molar-refractivity contribution in [3.63, 3.8) is 0 Å². The maximum absolute atomic E-state index is 7.57. The summed E-state index contributed by atoms with van der Waals surface area (Å²) in [6.07, 6.45) is 0.